The third-order valence-electron chi connectivity index (χ3n) is 3.42. The average Bonchev–Trinajstić information content (AvgIpc) is 3.12. The minimum absolute atomic E-state index is 0.122. The summed E-state index contributed by atoms with van der Waals surface area (Å²) in [7, 11) is -2.13. The maximum atomic E-state index is 12.5. The van der Waals surface area contributed by atoms with Crippen LogP contribution in [0.1, 0.15) is 5.56 Å². The molecule has 3 rings (SSSR count). The molecule has 25 heavy (non-hydrogen) atoms. The van der Waals surface area contributed by atoms with Gasteiger partial charge in [-0.25, -0.2) is 18.2 Å². The lowest BCUT2D eigenvalue weighted by atomic mass is 10.2. The first-order valence-corrected chi connectivity index (χ1v) is 9.57. The minimum atomic E-state index is -3.67. The average molecular weight is 377 g/mol. The number of aromatic amines is 1. The lowest BCUT2D eigenvalue weighted by Crippen LogP contribution is -2.22. The summed E-state index contributed by atoms with van der Waals surface area (Å²) >= 11 is 1.08. The molecule has 130 valence electrons. The third-order valence-corrected chi connectivity index (χ3v) is 6.42. The van der Waals surface area contributed by atoms with Crippen molar-refractivity contribution in [2.45, 2.75) is 10.8 Å². The molecule has 3 aromatic rings. The second-order valence-electron chi connectivity index (χ2n) is 5.06. The molecule has 2 N–H and O–H groups in total. The molecular formula is C16H15N3O4S2. The van der Waals surface area contributed by atoms with Gasteiger partial charge in [-0.3, -0.25) is 4.79 Å². The molecule has 2 aromatic heterocycles. The van der Waals surface area contributed by atoms with Crippen LogP contribution in [0, 0.1) is 0 Å². The Morgan fingerprint density at radius 1 is 1.16 bits per heavy atom. The molecule has 0 bridgehead atoms. The van der Waals surface area contributed by atoms with Crippen LogP contribution in [0.4, 0.5) is 0 Å². The van der Waals surface area contributed by atoms with Gasteiger partial charge in [-0.1, -0.05) is 18.2 Å². The molecule has 0 aliphatic rings. The number of H-pyrrole nitrogens is 1. The molecule has 0 fully saturated rings. The van der Waals surface area contributed by atoms with E-state index in [9.17, 15) is 13.2 Å². The van der Waals surface area contributed by atoms with Crippen LogP contribution in [0.15, 0.2) is 57.5 Å². The summed E-state index contributed by atoms with van der Waals surface area (Å²) in [5.74, 6) is 0.620. The number of rotatable bonds is 6. The van der Waals surface area contributed by atoms with Gasteiger partial charge in [0.25, 0.3) is 5.56 Å². The first-order chi connectivity index (χ1) is 12.0. The van der Waals surface area contributed by atoms with Gasteiger partial charge in [0.15, 0.2) is 0 Å². The largest absolute Gasteiger partial charge is 0.496 e. The fraction of sp³-hybridized carbons (Fsp3) is 0.125. The molecule has 0 aliphatic carbocycles. The lowest BCUT2D eigenvalue weighted by molar-refractivity contribution is 0.409. The van der Waals surface area contributed by atoms with E-state index in [0.717, 1.165) is 16.9 Å². The summed E-state index contributed by atoms with van der Waals surface area (Å²) in [4.78, 5) is 11.7. The van der Waals surface area contributed by atoms with Gasteiger partial charge in [-0.2, -0.15) is 5.10 Å². The quantitative estimate of drug-likeness (QED) is 0.684. The molecular weight excluding hydrogens is 362 g/mol. The van der Waals surface area contributed by atoms with E-state index >= 15 is 0 Å². The Morgan fingerprint density at radius 3 is 2.68 bits per heavy atom. The number of nitrogens with one attached hydrogen (secondary N) is 2. The molecule has 0 amide bonds. The van der Waals surface area contributed by atoms with E-state index in [1.807, 2.05) is 12.1 Å². The first kappa shape index (κ1) is 17.3. The maximum Gasteiger partial charge on any atom is 0.264 e. The van der Waals surface area contributed by atoms with Crippen LogP contribution in [0.2, 0.25) is 0 Å². The van der Waals surface area contributed by atoms with E-state index in [0.29, 0.717) is 16.3 Å². The van der Waals surface area contributed by atoms with E-state index in [1.54, 1.807) is 24.3 Å². The molecule has 0 unspecified atom stereocenters. The zero-order valence-electron chi connectivity index (χ0n) is 13.2. The number of thiophene rings is 1. The highest BCUT2D eigenvalue weighted by Crippen LogP contribution is 2.29. The van der Waals surface area contributed by atoms with Crippen LogP contribution in [0.25, 0.3) is 10.6 Å². The van der Waals surface area contributed by atoms with Crippen LogP contribution >= 0.6 is 11.3 Å². The van der Waals surface area contributed by atoms with Crippen LogP contribution < -0.4 is 15.0 Å². The molecule has 0 saturated carbocycles. The monoisotopic (exact) mass is 377 g/mol. The summed E-state index contributed by atoms with van der Waals surface area (Å²) < 4.78 is 32.9. The number of hydrogen-bond acceptors (Lipinski definition) is 6. The highest BCUT2D eigenvalue weighted by Gasteiger charge is 2.18. The Bertz CT molecular complexity index is 1020. The van der Waals surface area contributed by atoms with Gasteiger partial charge in [-0.15, -0.1) is 11.3 Å². The Kier molecular flexibility index (Phi) is 4.98. The fourth-order valence-corrected chi connectivity index (χ4v) is 4.50. The van der Waals surface area contributed by atoms with Gasteiger partial charge >= 0.3 is 0 Å². The van der Waals surface area contributed by atoms with Crippen LogP contribution in [-0.2, 0) is 16.6 Å². The lowest BCUT2D eigenvalue weighted by Gasteiger charge is -2.09. The van der Waals surface area contributed by atoms with E-state index in [-0.39, 0.29) is 16.3 Å². The number of nitrogens with zero attached hydrogens (tertiary/aromatic N) is 1. The van der Waals surface area contributed by atoms with Gasteiger partial charge in [0, 0.05) is 18.2 Å². The highest BCUT2D eigenvalue weighted by molar-refractivity contribution is 7.91. The van der Waals surface area contributed by atoms with Gasteiger partial charge in [0.1, 0.15) is 15.7 Å². The van der Waals surface area contributed by atoms with Crippen LogP contribution in [0.3, 0.4) is 0 Å². The molecule has 9 heteroatoms. The summed E-state index contributed by atoms with van der Waals surface area (Å²) in [6.07, 6.45) is 0. The van der Waals surface area contributed by atoms with Crippen molar-refractivity contribution in [3.05, 3.63) is 64.4 Å². The van der Waals surface area contributed by atoms with Crippen molar-refractivity contribution in [1.29, 1.82) is 0 Å². The van der Waals surface area contributed by atoms with E-state index in [1.165, 1.54) is 19.2 Å². The van der Waals surface area contributed by atoms with Crippen molar-refractivity contribution >= 4 is 21.4 Å². The number of para-hydroxylation sites is 1. The number of methoxy groups -OCH3 is 1. The molecule has 7 nitrogen and oxygen atoms in total. The van der Waals surface area contributed by atoms with Gasteiger partial charge < -0.3 is 4.74 Å². The molecule has 0 saturated heterocycles. The number of ether oxygens (including phenoxy) is 1. The predicted molar refractivity (Wildman–Crippen MR) is 95.2 cm³/mol. The van der Waals surface area contributed by atoms with Crippen molar-refractivity contribution in [3.8, 4) is 16.3 Å². The highest BCUT2D eigenvalue weighted by atomic mass is 32.2. The Labute approximate surface area is 148 Å². The predicted octanol–water partition coefficient (Wildman–Crippen LogP) is 1.99. The molecule has 2 heterocycles. The Hall–Kier alpha value is -2.49. The normalized spacial score (nSPS) is 11.4. The van der Waals surface area contributed by atoms with Crippen molar-refractivity contribution in [2.75, 3.05) is 7.11 Å². The standard InChI is InChI=1S/C16H15N3O4S2/c1-23-13-5-3-2-4-11(13)10-17-25(21,22)16-9-7-14(24-16)12-6-8-15(20)19-18-12/h2-9,17H,10H2,1H3,(H,19,20). The Balaban J connectivity index is 1.79. The third kappa shape index (κ3) is 3.95. The summed E-state index contributed by atoms with van der Waals surface area (Å²) in [6, 6.07) is 13.3. The summed E-state index contributed by atoms with van der Waals surface area (Å²) in [5, 5.41) is 6.23. The van der Waals surface area contributed by atoms with Gasteiger partial charge in [0.2, 0.25) is 10.0 Å². The van der Waals surface area contributed by atoms with Crippen molar-refractivity contribution < 1.29 is 13.2 Å². The molecule has 0 radical (unpaired) electrons. The van der Waals surface area contributed by atoms with E-state index in [4.69, 9.17) is 4.74 Å². The SMILES string of the molecule is COc1ccccc1CNS(=O)(=O)c1ccc(-c2ccc(=O)[nH]n2)s1. The molecule has 0 aliphatic heterocycles. The summed E-state index contributed by atoms with van der Waals surface area (Å²) in [5.41, 5.74) is 0.940. The zero-order valence-corrected chi connectivity index (χ0v) is 14.9. The zero-order chi connectivity index (χ0) is 17.9. The van der Waals surface area contributed by atoms with Crippen LogP contribution in [-0.4, -0.2) is 25.7 Å². The van der Waals surface area contributed by atoms with Gasteiger partial charge in [-0.05, 0) is 24.3 Å². The molecule has 0 atom stereocenters. The van der Waals surface area contributed by atoms with Crippen molar-refractivity contribution in [1.82, 2.24) is 14.9 Å². The topological polar surface area (TPSA) is 101 Å². The molecule has 0 spiro atoms. The minimum Gasteiger partial charge on any atom is -0.496 e. The van der Waals surface area contributed by atoms with Crippen molar-refractivity contribution in [2.24, 2.45) is 0 Å². The second kappa shape index (κ2) is 7.18. The first-order valence-electron chi connectivity index (χ1n) is 7.27. The van der Waals surface area contributed by atoms with Gasteiger partial charge in [0.05, 0.1) is 12.0 Å². The second-order valence-corrected chi connectivity index (χ2v) is 8.14. The van der Waals surface area contributed by atoms with E-state index in [2.05, 4.69) is 14.9 Å². The smallest absolute Gasteiger partial charge is 0.264 e. The number of hydrogen-bond donors (Lipinski definition) is 2. The maximum absolute atomic E-state index is 12.5. The molecule has 1 aromatic carbocycles. The summed E-state index contributed by atoms with van der Waals surface area (Å²) in [6.45, 7) is 0.122. The fourth-order valence-electron chi connectivity index (χ4n) is 2.18. The number of benzene rings is 1. The number of sulfonamides is 1. The Morgan fingerprint density at radius 2 is 1.96 bits per heavy atom. The number of aromatic nitrogens is 2. The van der Waals surface area contributed by atoms with Crippen molar-refractivity contribution in [3.63, 3.8) is 0 Å². The van der Waals surface area contributed by atoms with Crippen LogP contribution in [0.5, 0.6) is 5.75 Å². The van der Waals surface area contributed by atoms with E-state index < -0.39 is 10.0 Å².